The molecule has 0 unspecified atom stereocenters. The molecule has 1 atom stereocenters. The van der Waals surface area contributed by atoms with Gasteiger partial charge >= 0.3 is 11.9 Å². The summed E-state index contributed by atoms with van der Waals surface area (Å²) in [4.78, 5) is 33.1. The third kappa shape index (κ3) is 9.86. The Morgan fingerprint density at radius 3 is 2.15 bits per heavy atom. The summed E-state index contributed by atoms with van der Waals surface area (Å²) in [5.41, 5.74) is 5.60. The van der Waals surface area contributed by atoms with E-state index < -0.39 is 11.9 Å². The van der Waals surface area contributed by atoms with Crippen LogP contribution in [0.4, 0.5) is 0 Å². The van der Waals surface area contributed by atoms with Crippen molar-refractivity contribution in [2.75, 3.05) is 13.1 Å². The zero-order valence-electron chi connectivity index (χ0n) is 22.1. The van der Waals surface area contributed by atoms with Crippen molar-refractivity contribution >= 4 is 52.8 Å². The minimum atomic E-state index is -1.08. The molecular formula is C30H32Cl2N2O5S. The fourth-order valence-corrected chi connectivity index (χ4v) is 5.69. The average Bonchev–Trinajstić information content (AvgIpc) is 3.18. The van der Waals surface area contributed by atoms with E-state index in [0.717, 1.165) is 47.8 Å². The Kier molecular flexibility index (Phi) is 12.3. The fourth-order valence-electron chi connectivity index (χ4n) is 4.10. The maximum Gasteiger partial charge on any atom is 0.303 e. The predicted molar refractivity (Wildman–Crippen MR) is 160 cm³/mol. The van der Waals surface area contributed by atoms with Gasteiger partial charge in [0.15, 0.2) is 0 Å². The van der Waals surface area contributed by atoms with Gasteiger partial charge in [-0.25, -0.2) is 0 Å². The monoisotopic (exact) mass is 602 g/mol. The van der Waals surface area contributed by atoms with Crippen LogP contribution in [0.15, 0.2) is 65.6 Å². The SMILES string of the molecule is C[C@H](NC(=O)c1ccc(CSc2c(Cl)ccc3c2CCNCC3)cc1)c1ccc(Cl)cc1.O=C(O)CCC(=O)O. The van der Waals surface area contributed by atoms with E-state index in [-0.39, 0.29) is 24.8 Å². The van der Waals surface area contributed by atoms with Crippen LogP contribution in [0, 0.1) is 0 Å². The van der Waals surface area contributed by atoms with Gasteiger partial charge in [0.05, 0.1) is 23.9 Å². The molecule has 0 bridgehead atoms. The third-order valence-corrected chi connectivity index (χ3v) is 8.21. The van der Waals surface area contributed by atoms with Crippen LogP contribution >= 0.6 is 35.0 Å². The number of hydrogen-bond donors (Lipinski definition) is 4. The molecule has 0 fully saturated rings. The zero-order valence-corrected chi connectivity index (χ0v) is 24.4. The van der Waals surface area contributed by atoms with E-state index in [9.17, 15) is 14.4 Å². The van der Waals surface area contributed by atoms with Crippen molar-refractivity contribution in [3.63, 3.8) is 0 Å². The van der Waals surface area contributed by atoms with Gasteiger partial charge < -0.3 is 20.8 Å². The summed E-state index contributed by atoms with van der Waals surface area (Å²) in [5, 5.41) is 23.8. The molecule has 0 aromatic heterocycles. The predicted octanol–water partition coefficient (Wildman–Crippen LogP) is 6.40. The van der Waals surface area contributed by atoms with E-state index in [4.69, 9.17) is 33.4 Å². The van der Waals surface area contributed by atoms with Gasteiger partial charge in [-0.2, -0.15) is 0 Å². The van der Waals surface area contributed by atoms with E-state index in [2.05, 4.69) is 16.7 Å². The number of carboxylic acids is 2. The normalized spacial score (nSPS) is 13.2. The molecule has 40 heavy (non-hydrogen) atoms. The van der Waals surface area contributed by atoms with Crippen LogP contribution in [0.3, 0.4) is 0 Å². The summed E-state index contributed by atoms with van der Waals surface area (Å²) in [5.74, 6) is -1.43. The molecular weight excluding hydrogens is 571 g/mol. The second-order valence-electron chi connectivity index (χ2n) is 9.28. The van der Waals surface area contributed by atoms with Gasteiger partial charge in [0, 0.05) is 21.2 Å². The number of nitrogens with one attached hydrogen (secondary N) is 2. The van der Waals surface area contributed by atoms with Crippen molar-refractivity contribution in [1.29, 1.82) is 0 Å². The van der Waals surface area contributed by atoms with Crippen LogP contribution in [-0.4, -0.2) is 41.1 Å². The highest BCUT2D eigenvalue weighted by Crippen LogP contribution is 2.36. The number of amides is 1. The van der Waals surface area contributed by atoms with Gasteiger partial charge in [-0.05, 0) is 85.4 Å². The molecule has 1 aliphatic rings. The smallest absolute Gasteiger partial charge is 0.303 e. The number of carboxylic acid groups (broad SMARTS) is 2. The fraction of sp³-hybridized carbons (Fsp3) is 0.300. The number of fused-ring (bicyclic) bond motifs is 1. The van der Waals surface area contributed by atoms with E-state index in [1.54, 1.807) is 11.8 Å². The molecule has 1 aliphatic heterocycles. The van der Waals surface area contributed by atoms with Gasteiger partial charge in [-0.15, -0.1) is 11.8 Å². The van der Waals surface area contributed by atoms with Crippen LogP contribution < -0.4 is 10.6 Å². The number of halogens is 2. The van der Waals surface area contributed by atoms with Crippen molar-refractivity contribution in [3.05, 3.63) is 98.5 Å². The molecule has 7 nitrogen and oxygen atoms in total. The van der Waals surface area contributed by atoms with E-state index in [0.29, 0.717) is 10.6 Å². The number of aliphatic carboxylic acids is 2. The summed E-state index contributed by atoms with van der Waals surface area (Å²) in [6.07, 6.45) is 1.45. The zero-order chi connectivity index (χ0) is 29.1. The van der Waals surface area contributed by atoms with Crippen LogP contribution in [0.2, 0.25) is 10.0 Å². The van der Waals surface area contributed by atoms with Gasteiger partial charge in [0.1, 0.15) is 0 Å². The second-order valence-corrected chi connectivity index (χ2v) is 11.1. The number of thioether (sulfide) groups is 1. The molecule has 0 aliphatic carbocycles. The van der Waals surface area contributed by atoms with Crippen LogP contribution in [0.1, 0.15) is 58.4 Å². The Labute approximate surface area is 248 Å². The molecule has 0 radical (unpaired) electrons. The average molecular weight is 604 g/mol. The van der Waals surface area contributed by atoms with Crippen molar-refractivity contribution in [2.24, 2.45) is 0 Å². The first kappa shape index (κ1) is 31.5. The summed E-state index contributed by atoms with van der Waals surface area (Å²) >= 11 is 14.3. The highest BCUT2D eigenvalue weighted by Gasteiger charge is 2.16. The van der Waals surface area contributed by atoms with E-state index >= 15 is 0 Å². The lowest BCUT2D eigenvalue weighted by molar-refractivity contribution is -0.143. The van der Waals surface area contributed by atoms with Crippen molar-refractivity contribution in [1.82, 2.24) is 10.6 Å². The number of rotatable bonds is 9. The van der Waals surface area contributed by atoms with Crippen molar-refractivity contribution < 1.29 is 24.6 Å². The number of hydrogen-bond acceptors (Lipinski definition) is 5. The number of carbonyl (C=O) groups is 3. The number of carbonyl (C=O) groups excluding carboxylic acids is 1. The topological polar surface area (TPSA) is 116 Å². The minimum Gasteiger partial charge on any atom is -0.481 e. The summed E-state index contributed by atoms with van der Waals surface area (Å²) in [7, 11) is 0. The Balaban J connectivity index is 0.000000482. The first-order valence-corrected chi connectivity index (χ1v) is 14.6. The Bertz CT molecular complexity index is 1300. The van der Waals surface area contributed by atoms with E-state index in [1.165, 1.54) is 16.0 Å². The molecule has 0 saturated heterocycles. The maximum absolute atomic E-state index is 12.7. The lowest BCUT2D eigenvalue weighted by Gasteiger charge is -2.15. The quantitative estimate of drug-likeness (QED) is 0.209. The molecule has 1 heterocycles. The third-order valence-electron chi connectivity index (χ3n) is 6.30. The van der Waals surface area contributed by atoms with Gasteiger partial charge in [-0.3, -0.25) is 14.4 Å². The lowest BCUT2D eigenvalue weighted by atomic mass is 10.0. The maximum atomic E-state index is 12.7. The van der Waals surface area contributed by atoms with Gasteiger partial charge in [0.2, 0.25) is 0 Å². The first-order chi connectivity index (χ1) is 19.1. The molecule has 0 saturated carbocycles. The van der Waals surface area contributed by atoms with Gasteiger partial charge in [-0.1, -0.05) is 53.5 Å². The van der Waals surface area contributed by atoms with Gasteiger partial charge in [0.25, 0.3) is 5.91 Å². The molecule has 4 rings (SSSR count). The molecule has 0 spiro atoms. The second kappa shape index (κ2) is 15.7. The van der Waals surface area contributed by atoms with Crippen molar-refractivity contribution in [2.45, 2.75) is 49.3 Å². The molecule has 10 heteroatoms. The standard InChI is InChI=1S/C26H26Cl2N2OS.C4H6O4/c1-17(19-6-9-22(27)10-7-19)30-26(31)21-4-2-18(3-5-21)16-32-25-23-13-15-29-14-12-20(23)8-11-24(25)28;5-3(6)1-2-4(7)8/h2-11,17,29H,12-16H2,1H3,(H,30,31);1-2H2,(H,5,6)(H,7,8)/t17-;/m0./s1. The molecule has 212 valence electrons. The van der Waals surface area contributed by atoms with Crippen LogP contribution in [0.25, 0.3) is 0 Å². The minimum absolute atomic E-state index is 0.0874. The largest absolute Gasteiger partial charge is 0.481 e. The molecule has 3 aromatic rings. The Morgan fingerprint density at radius 2 is 1.52 bits per heavy atom. The lowest BCUT2D eigenvalue weighted by Crippen LogP contribution is -2.26. The molecule has 1 amide bonds. The Hall–Kier alpha value is -3.04. The van der Waals surface area contributed by atoms with Crippen LogP contribution in [0.5, 0.6) is 0 Å². The van der Waals surface area contributed by atoms with Crippen LogP contribution in [-0.2, 0) is 28.2 Å². The summed E-state index contributed by atoms with van der Waals surface area (Å²) in [6.45, 7) is 3.96. The highest BCUT2D eigenvalue weighted by molar-refractivity contribution is 7.98. The molecule has 3 aromatic carbocycles. The highest BCUT2D eigenvalue weighted by atomic mass is 35.5. The number of benzene rings is 3. The Morgan fingerprint density at radius 1 is 0.900 bits per heavy atom. The van der Waals surface area contributed by atoms with Crippen molar-refractivity contribution in [3.8, 4) is 0 Å². The molecule has 4 N–H and O–H groups in total. The first-order valence-electron chi connectivity index (χ1n) is 12.9. The summed E-state index contributed by atoms with van der Waals surface area (Å²) in [6, 6.07) is 19.4. The summed E-state index contributed by atoms with van der Waals surface area (Å²) < 4.78 is 0. The van der Waals surface area contributed by atoms with E-state index in [1.807, 2.05) is 61.5 Å².